The van der Waals surface area contributed by atoms with Crippen LogP contribution in [0.15, 0.2) is 36.9 Å². The quantitative estimate of drug-likeness (QED) is 0.567. The van der Waals surface area contributed by atoms with Gasteiger partial charge in [-0.25, -0.2) is 0 Å². The predicted molar refractivity (Wildman–Crippen MR) is 62.7 cm³/mol. The molecule has 1 rings (SSSR count). The molecule has 0 fully saturated rings. The molecule has 86 valence electrons. The zero-order valence-electron chi connectivity index (χ0n) is 9.19. The standard InChI is InChI=1S/C13H16O3/c1-2-5-11-6-3-7-12(10-11)16-9-4-8-13(14)15/h2-3,6-7,10H,1,4-5,8-9H2,(H,14,15). The molecule has 1 aromatic carbocycles. The Bertz CT molecular complexity index is 358. The Morgan fingerprint density at radius 1 is 1.50 bits per heavy atom. The average Bonchev–Trinajstić information content (AvgIpc) is 2.25. The van der Waals surface area contributed by atoms with E-state index in [9.17, 15) is 4.79 Å². The maximum absolute atomic E-state index is 10.3. The lowest BCUT2D eigenvalue weighted by Gasteiger charge is -2.06. The largest absolute Gasteiger partial charge is 0.494 e. The number of aliphatic carboxylic acids is 1. The number of rotatable bonds is 7. The third kappa shape index (κ3) is 4.64. The first-order valence-electron chi connectivity index (χ1n) is 5.27. The first kappa shape index (κ1) is 12.3. The Hall–Kier alpha value is -1.77. The van der Waals surface area contributed by atoms with Gasteiger partial charge in [0.05, 0.1) is 6.61 Å². The lowest BCUT2D eigenvalue weighted by molar-refractivity contribution is -0.137. The van der Waals surface area contributed by atoms with Crippen LogP contribution in [-0.4, -0.2) is 17.7 Å². The molecule has 0 aliphatic carbocycles. The fourth-order valence-corrected chi connectivity index (χ4v) is 1.34. The molecular weight excluding hydrogens is 204 g/mol. The molecule has 0 bridgehead atoms. The second-order valence-electron chi connectivity index (χ2n) is 3.49. The van der Waals surface area contributed by atoms with Crippen LogP contribution in [0.2, 0.25) is 0 Å². The lowest BCUT2D eigenvalue weighted by atomic mass is 10.1. The van der Waals surface area contributed by atoms with Gasteiger partial charge in [-0.3, -0.25) is 4.79 Å². The normalized spacial score (nSPS) is 9.75. The summed E-state index contributed by atoms with van der Waals surface area (Å²) in [5, 5.41) is 8.46. The second-order valence-corrected chi connectivity index (χ2v) is 3.49. The first-order chi connectivity index (χ1) is 7.72. The van der Waals surface area contributed by atoms with Gasteiger partial charge in [0.15, 0.2) is 0 Å². The molecule has 0 aliphatic heterocycles. The van der Waals surface area contributed by atoms with Crippen molar-refractivity contribution in [1.29, 1.82) is 0 Å². The van der Waals surface area contributed by atoms with Crippen LogP contribution in [0.3, 0.4) is 0 Å². The summed E-state index contributed by atoms with van der Waals surface area (Å²) in [5.74, 6) is -0.00579. The predicted octanol–water partition coefficient (Wildman–Crippen LogP) is 2.66. The minimum atomic E-state index is -0.788. The zero-order valence-corrected chi connectivity index (χ0v) is 9.19. The van der Waals surface area contributed by atoms with E-state index in [1.165, 1.54) is 0 Å². The van der Waals surface area contributed by atoms with Crippen molar-refractivity contribution in [3.63, 3.8) is 0 Å². The third-order valence-corrected chi connectivity index (χ3v) is 2.08. The minimum Gasteiger partial charge on any atom is -0.494 e. The maximum atomic E-state index is 10.3. The van der Waals surface area contributed by atoms with Crippen molar-refractivity contribution in [2.24, 2.45) is 0 Å². The van der Waals surface area contributed by atoms with Crippen LogP contribution < -0.4 is 4.74 Å². The summed E-state index contributed by atoms with van der Waals surface area (Å²) >= 11 is 0. The van der Waals surface area contributed by atoms with Gasteiger partial charge in [0.1, 0.15) is 5.75 Å². The molecular formula is C13H16O3. The van der Waals surface area contributed by atoms with E-state index in [2.05, 4.69) is 6.58 Å². The molecule has 0 saturated carbocycles. The first-order valence-corrected chi connectivity index (χ1v) is 5.27. The average molecular weight is 220 g/mol. The zero-order chi connectivity index (χ0) is 11.8. The SMILES string of the molecule is C=CCc1cccc(OCCCC(=O)O)c1. The van der Waals surface area contributed by atoms with Crippen LogP contribution in [0.1, 0.15) is 18.4 Å². The van der Waals surface area contributed by atoms with Crippen LogP contribution in [-0.2, 0) is 11.2 Å². The number of benzene rings is 1. The van der Waals surface area contributed by atoms with E-state index >= 15 is 0 Å². The highest BCUT2D eigenvalue weighted by Crippen LogP contribution is 2.14. The lowest BCUT2D eigenvalue weighted by Crippen LogP contribution is -2.02. The molecule has 0 atom stereocenters. The number of hydrogen-bond donors (Lipinski definition) is 1. The van der Waals surface area contributed by atoms with Gasteiger partial charge < -0.3 is 9.84 Å². The fraction of sp³-hybridized carbons (Fsp3) is 0.308. The Labute approximate surface area is 95.4 Å². The molecule has 16 heavy (non-hydrogen) atoms. The summed E-state index contributed by atoms with van der Waals surface area (Å²) in [6, 6.07) is 7.74. The number of allylic oxidation sites excluding steroid dienone is 1. The topological polar surface area (TPSA) is 46.5 Å². The van der Waals surface area contributed by atoms with E-state index in [1.807, 2.05) is 30.3 Å². The third-order valence-electron chi connectivity index (χ3n) is 2.08. The number of ether oxygens (including phenoxy) is 1. The molecule has 0 aromatic heterocycles. The van der Waals surface area contributed by atoms with Crippen molar-refractivity contribution in [3.05, 3.63) is 42.5 Å². The van der Waals surface area contributed by atoms with E-state index in [4.69, 9.17) is 9.84 Å². The van der Waals surface area contributed by atoms with Gasteiger partial charge >= 0.3 is 5.97 Å². The second kappa shape index (κ2) is 6.67. The smallest absolute Gasteiger partial charge is 0.303 e. The van der Waals surface area contributed by atoms with Gasteiger partial charge in [0, 0.05) is 6.42 Å². The van der Waals surface area contributed by atoms with E-state index in [0.717, 1.165) is 17.7 Å². The van der Waals surface area contributed by atoms with Gasteiger partial charge in [0.25, 0.3) is 0 Å². The molecule has 3 nitrogen and oxygen atoms in total. The van der Waals surface area contributed by atoms with Crippen LogP contribution in [0.5, 0.6) is 5.75 Å². The molecule has 0 spiro atoms. The highest BCUT2D eigenvalue weighted by atomic mass is 16.5. The van der Waals surface area contributed by atoms with Gasteiger partial charge in [-0.05, 0) is 30.5 Å². The molecule has 0 radical (unpaired) electrons. The maximum Gasteiger partial charge on any atom is 0.303 e. The monoisotopic (exact) mass is 220 g/mol. The highest BCUT2D eigenvalue weighted by molar-refractivity contribution is 5.66. The van der Waals surface area contributed by atoms with Gasteiger partial charge in [-0.2, -0.15) is 0 Å². The van der Waals surface area contributed by atoms with Crippen molar-refractivity contribution in [3.8, 4) is 5.75 Å². The van der Waals surface area contributed by atoms with Crippen molar-refractivity contribution in [2.75, 3.05) is 6.61 Å². The van der Waals surface area contributed by atoms with Crippen LogP contribution in [0.25, 0.3) is 0 Å². The number of carboxylic acids is 1. The Morgan fingerprint density at radius 2 is 2.31 bits per heavy atom. The molecule has 1 aromatic rings. The van der Waals surface area contributed by atoms with E-state index in [1.54, 1.807) is 0 Å². The number of carbonyl (C=O) groups is 1. The highest BCUT2D eigenvalue weighted by Gasteiger charge is 1.98. The summed E-state index contributed by atoms with van der Waals surface area (Å²) in [6.45, 7) is 4.11. The number of hydrogen-bond acceptors (Lipinski definition) is 2. The summed E-state index contributed by atoms with van der Waals surface area (Å²) in [6.07, 6.45) is 3.32. The Morgan fingerprint density at radius 3 is 3.00 bits per heavy atom. The number of carboxylic acid groups (broad SMARTS) is 1. The molecule has 3 heteroatoms. The van der Waals surface area contributed by atoms with Gasteiger partial charge in [-0.1, -0.05) is 18.2 Å². The van der Waals surface area contributed by atoms with Crippen LogP contribution in [0.4, 0.5) is 0 Å². The molecule has 0 unspecified atom stereocenters. The van der Waals surface area contributed by atoms with Crippen molar-refractivity contribution >= 4 is 5.97 Å². The van der Waals surface area contributed by atoms with Crippen LogP contribution in [0, 0.1) is 0 Å². The Kier molecular flexibility index (Phi) is 5.12. The van der Waals surface area contributed by atoms with Crippen molar-refractivity contribution in [2.45, 2.75) is 19.3 Å². The molecule has 1 N–H and O–H groups in total. The van der Waals surface area contributed by atoms with E-state index < -0.39 is 5.97 Å². The van der Waals surface area contributed by atoms with Crippen molar-refractivity contribution < 1.29 is 14.6 Å². The summed E-state index contributed by atoms with van der Waals surface area (Å²) in [7, 11) is 0. The van der Waals surface area contributed by atoms with E-state index in [0.29, 0.717) is 13.0 Å². The Balaban J connectivity index is 2.38. The van der Waals surface area contributed by atoms with E-state index in [-0.39, 0.29) is 6.42 Å². The van der Waals surface area contributed by atoms with Gasteiger partial charge in [-0.15, -0.1) is 6.58 Å². The molecule has 0 heterocycles. The molecule has 0 aliphatic rings. The molecule has 0 saturated heterocycles. The fourth-order valence-electron chi connectivity index (χ4n) is 1.34. The molecule has 0 amide bonds. The van der Waals surface area contributed by atoms with Crippen LogP contribution >= 0.6 is 0 Å². The van der Waals surface area contributed by atoms with Gasteiger partial charge in [0.2, 0.25) is 0 Å². The summed E-state index contributed by atoms with van der Waals surface area (Å²) in [4.78, 5) is 10.3. The summed E-state index contributed by atoms with van der Waals surface area (Å²) in [5.41, 5.74) is 1.14. The minimum absolute atomic E-state index is 0.145. The van der Waals surface area contributed by atoms with Crippen molar-refractivity contribution in [1.82, 2.24) is 0 Å². The summed E-state index contributed by atoms with van der Waals surface area (Å²) < 4.78 is 5.45.